The lowest BCUT2D eigenvalue weighted by molar-refractivity contribution is 0.255. The number of nitrogens with one attached hydrogen (secondary N) is 1. The number of halogens is 1. The molecule has 0 saturated heterocycles. The van der Waals surface area contributed by atoms with Crippen molar-refractivity contribution in [2.75, 3.05) is 13.2 Å². The normalized spacial score (nSPS) is 12.3. The molecule has 0 bridgehead atoms. The third-order valence-electron chi connectivity index (χ3n) is 3.66. The smallest absolute Gasteiger partial charge is 0.119 e. The maximum atomic E-state index is 5.88. The van der Waals surface area contributed by atoms with Gasteiger partial charge < -0.3 is 10.1 Å². The van der Waals surface area contributed by atoms with E-state index < -0.39 is 0 Å². The van der Waals surface area contributed by atoms with Crippen LogP contribution < -0.4 is 10.1 Å². The highest BCUT2D eigenvalue weighted by atomic mass is 35.5. The van der Waals surface area contributed by atoms with Crippen molar-refractivity contribution >= 4 is 11.6 Å². The van der Waals surface area contributed by atoms with Gasteiger partial charge in [-0.1, -0.05) is 64.0 Å². The molecule has 0 aliphatic heterocycles. The predicted octanol–water partition coefficient (Wildman–Crippen LogP) is 5.45. The summed E-state index contributed by atoms with van der Waals surface area (Å²) in [4.78, 5) is 0. The molecular formula is C18H30ClNO. The van der Waals surface area contributed by atoms with E-state index in [9.17, 15) is 0 Å². The molecule has 0 spiro atoms. The van der Waals surface area contributed by atoms with E-state index in [0.29, 0.717) is 6.04 Å². The maximum absolute atomic E-state index is 5.88. The van der Waals surface area contributed by atoms with Gasteiger partial charge in [-0.05, 0) is 37.2 Å². The van der Waals surface area contributed by atoms with Crippen molar-refractivity contribution < 1.29 is 4.74 Å². The van der Waals surface area contributed by atoms with Gasteiger partial charge in [-0.25, -0.2) is 0 Å². The first kappa shape index (κ1) is 18.3. The van der Waals surface area contributed by atoms with E-state index in [4.69, 9.17) is 16.3 Å². The molecule has 3 heteroatoms. The molecule has 0 aliphatic rings. The first-order valence-corrected chi connectivity index (χ1v) is 8.75. The van der Waals surface area contributed by atoms with Crippen LogP contribution in [0.5, 0.6) is 5.75 Å². The Balaban J connectivity index is 2.21. The molecule has 1 aromatic rings. The summed E-state index contributed by atoms with van der Waals surface area (Å²) in [5.74, 6) is 0.894. The fourth-order valence-corrected chi connectivity index (χ4v) is 2.56. The first-order chi connectivity index (χ1) is 10.3. The lowest BCUT2D eigenvalue weighted by atomic mass is 10.1. The van der Waals surface area contributed by atoms with E-state index in [1.807, 2.05) is 24.3 Å². The van der Waals surface area contributed by atoms with Gasteiger partial charge in [0.1, 0.15) is 12.4 Å². The Labute approximate surface area is 135 Å². The summed E-state index contributed by atoms with van der Waals surface area (Å²) in [5, 5.41) is 4.26. The second-order valence-electron chi connectivity index (χ2n) is 5.58. The van der Waals surface area contributed by atoms with E-state index in [1.54, 1.807) is 0 Å². The van der Waals surface area contributed by atoms with Gasteiger partial charge in [-0.3, -0.25) is 0 Å². The lowest BCUT2D eigenvalue weighted by Crippen LogP contribution is -2.34. The number of hydrogen-bond donors (Lipinski definition) is 1. The highest BCUT2D eigenvalue weighted by Crippen LogP contribution is 2.16. The quantitative estimate of drug-likeness (QED) is 0.518. The molecule has 0 aromatic heterocycles. The van der Waals surface area contributed by atoms with Crippen LogP contribution in [-0.4, -0.2) is 19.2 Å². The standard InChI is InChI=1S/C18H30ClNO/c1-3-5-6-7-8-9-10-17(20-4-2)15-21-18-13-11-16(19)12-14-18/h11-14,17,20H,3-10,15H2,1-2H3. The summed E-state index contributed by atoms with van der Waals surface area (Å²) >= 11 is 5.88. The molecule has 21 heavy (non-hydrogen) atoms. The molecule has 1 unspecified atom stereocenters. The fourth-order valence-electron chi connectivity index (χ4n) is 2.43. The summed E-state index contributed by atoms with van der Waals surface area (Å²) in [6.07, 6.45) is 9.24. The summed E-state index contributed by atoms with van der Waals surface area (Å²) in [6.45, 7) is 6.13. The summed E-state index contributed by atoms with van der Waals surface area (Å²) in [6, 6.07) is 8.03. The van der Waals surface area contributed by atoms with Crippen LogP contribution in [0.4, 0.5) is 0 Å². The minimum Gasteiger partial charge on any atom is -0.492 e. The zero-order chi connectivity index (χ0) is 15.3. The average molecular weight is 312 g/mol. The predicted molar refractivity (Wildman–Crippen MR) is 92.4 cm³/mol. The molecule has 0 heterocycles. The summed E-state index contributed by atoms with van der Waals surface area (Å²) < 4.78 is 5.85. The van der Waals surface area contributed by atoms with Crippen molar-refractivity contribution in [2.45, 2.75) is 64.8 Å². The van der Waals surface area contributed by atoms with Crippen molar-refractivity contribution in [1.29, 1.82) is 0 Å². The van der Waals surface area contributed by atoms with Crippen LogP contribution >= 0.6 is 11.6 Å². The Morgan fingerprint density at radius 2 is 1.67 bits per heavy atom. The Hall–Kier alpha value is -0.730. The number of likely N-dealkylation sites (N-methyl/N-ethyl adjacent to an activating group) is 1. The zero-order valence-electron chi connectivity index (χ0n) is 13.5. The zero-order valence-corrected chi connectivity index (χ0v) is 14.3. The second kappa shape index (κ2) is 11.9. The van der Waals surface area contributed by atoms with E-state index in [2.05, 4.69) is 19.2 Å². The number of benzene rings is 1. The molecule has 0 aliphatic carbocycles. The van der Waals surface area contributed by atoms with Crippen molar-refractivity contribution in [3.05, 3.63) is 29.3 Å². The van der Waals surface area contributed by atoms with Gasteiger partial charge in [0.15, 0.2) is 0 Å². The topological polar surface area (TPSA) is 21.3 Å². The molecule has 2 nitrogen and oxygen atoms in total. The number of ether oxygens (including phenoxy) is 1. The van der Waals surface area contributed by atoms with Gasteiger partial charge in [0.2, 0.25) is 0 Å². The highest BCUT2D eigenvalue weighted by molar-refractivity contribution is 6.30. The monoisotopic (exact) mass is 311 g/mol. The molecule has 0 radical (unpaired) electrons. The molecule has 1 rings (SSSR count). The van der Waals surface area contributed by atoms with Gasteiger partial charge in [-0.2, -0.15) is 0 Å². The number of unbranched alkanes of at least 4 members (excludes halogenated alkanes) is 5. The van der Waals surface area contributed by atoms with Gasteiger partial charge >= 0.3 is 0 Å². The van der Waals surface area contributed by atoms with Crippen LogP contribution in [0.2, 0.25) is 5.02 Å². The third-order valence-corrected chi connectivity index (χ3v) is 3.92. The van der Waals surface area contributed by atoms with E-state index in [0.717, 1.165) is 23.9 Å². The number of rotatable bonds is 12. The minimum atomic E-state index is 0.442. The first-order valence-electron chi connectivity index (χ1n) is 8.38. The molecule has 0 saturated carbocycles. The fraction of sp³-hybridized carbons (Fsp3) is 0.667. The van der Waals surface area contributed by atoms with Crippen LogP contribution in [0.3, 0.4) is 0 Å². The molecule has 120 valence electrons. The highest BCUT2D eigenvalue weighted by Gasteiger charge is 2.08. The van der Waals surface area contributed by atoms with Crippen molar-refractivity contribution in [2.24, 2.45) is 0 Å². The van der Waals surface area contributed by atoms with Crippen molar-refractivity contribution in [3.8, 4) is 5.75 Å². The Bertz CT molecular complexity index is 353. The molecular weight excluding hydrogens is 282 g/mol. The van der Waals surface area contributed by atoms with E-state index in [-0.39, 0.29) is 0 Å². The minimum absolute atomic E-state index is 0.442. The van der Waals surface area contributed by atoms with Crippen LogP contribution in [0.1, 0.15) is 58.8 Å². The molecule has 1 aromatic carbocycles. The average Bonchev–Trinajstić information content (AvgIpc) is 2.49. The summed E-state index contributed by atoms with van der Waals surface area (Å²) in [5.41, 5.74) is 0. The maximum Gasteiger partial charge on any atom is 0.119 e. The van der Waals surface area contributed by atoms with Crippen molar-refractivity contribution in [1.82, 2.24) is 5.32 Å². The van der Waals surface area contributed by atoms with Crippen molar-refractivity contribution in [3.63, 3.8) is 0 Å². The molecule has 0 fully saturated rings. The van der Waals surface area contributed by atoms with Gasteiger partial charge in [0, 0.05) is 11.1 Å². The van der Waals surface area contributed by atoms with Crippen LogP contribution in [0.25, 0.3) is 0 Å². The molecule has 1 N–H and O–H groups in total. The Kier molecular flexibility index (Phi) is 10.4. The number of hydrogen-bond acceptors (Lipinski definition) is 2. The Morgan fingerprint density at radius 1 is 1.00 bits per heavy atom. The van der Waals surface area contributed by atoms with Crippen LogP contribution in [-0.2, 0) is 0 Å². The van der Waals surface area contributed by atoms with Crippen LogP contribution in [0.15, 0.2) is 24.3 Å². The summed E-state index contributed by atoms with van der Waals surface area (Å²) in [7, 11) is 0. The van der Waals surface area contributed by atoms with Gasteiger partial charge in [-0.15, -0.1) is 0 Å². The largest absolute Gasteiger partial charge is 0.492 e. The lowest BCUT2D eigenvalue weighted by Gasteiger charge is -2.18. The van der Waals surface area contributed by atoms with E-state index >= 15 is 0 Å². The Morgan fingerprint density at radius 3 is 2.33 bits per heavy atom. The van der Waals surface area contributed by atoms with Gasteiger partial charge in [0.05, 0.1) is 0 Å². The van der Waals surface area contributed by atoms with Gasteiger partial charge in [0.25, 0.3) is 0 Å². The SMILES string of the molecule is CCCCCCCCC(COc1ccc(Cl)cc1)NCC. The van der Waals surface area contributed by atoms with Crippen LogP contribution in [0, 0.1) is 0 Å². The molecule has 1 atom stereocenters. The van der Waals surface area contributed by atoms with E-state index in [1.165, 1.54) is 44.9 Å². The third kappa shape index (κ3) is 9.00. The second-order valence-corrected chi connectivity index (χ2v) is 6.01. The molecule has 0 amide bonds.